The lowest BCUT2D eigenvalue weighted by Crippen LogP contribution is -2.40. The number of fused-ring (bicyclic) bond motifs is 2. The number of piperidine rings is 1. The Labute approximate surface area is 203 Å². The number of halogens is 1. The zero-order chi connectivity index (χ0) is 23.5. The fourth-order valence-electron chi connectivity index (χ4n) is 5.47. The fraction of sp³-hybridized carbons (Fsp3) is 0.480. The van der Waals surface area contributed by atoms with Gasteiger partial charge in [0.25, 0.3) is 5.91 Å². The van der Waals surface area contributed by atoms with Crippen LogP contribution < -0.4 is 15.0 Å². The predicted octanol–water partition coefficient (Wildman–Crippen LogP) is 4.36. The van der Waals surface area contributed by atoms with Crippen LogP contribution in [0.3, 0.4) is 0 Å². The average molecular weight is 482 g/mol. The zero-order valence-electron chi connectivity index (χ0n) is 19.4. The summed E-state index contributed by atoms with van der Waals surface area (Å²) in [6, 6.07) is 4.16. The van der Waals surface area contributed by atoms with Crippen LogP contribution in [0.25, 0.3) is 5.65 Å². The van der Waals surface area contributed by atoms with Gasteiger partial charge in [-0.05, 0) is 44.6 Å². The number of nitrogens with one attached hydrogen (secondary N) is 1. The van der Waals surface area contributed by atoms with E-state index < -0.39 is 0 Å². The quantitative estimate of drug-likeness (QED) is 0.598. The summed E-state index contributed by atoms with van der Waals surface area (Å²) in [5.74, 6) is 0.650. The van der Waals surface area contributed by atoms with Crippen LogP contribution in [0, 0.1) is 5.41 Å². The molecule has 2 aromatic heterocycles. The van der Waals surface area contributed by atoms with Crippen molar-refractivity contribution in [2.75, 3.05) is 36.5 Å². The van der Waals surface area contributed by atoms with Crippen molar-refractivity contribution in [3.8, 4) is 5.75 Å². The molecule has 0 unspecified atom stereocenters. The van der Waals surface area contributed by atoms with E-state index in [1.54, 1.807) is 6.20 Å². The SMILES string of the molecule is CC1(C)Cc2cc(NC(=O)c3cnn4cc(Cl)cnc34)c(N3CCC4(CCOC4)CC3)cc2O1. The van der Waals surface area contributed by atoms with E-state index in [4.69, 9.17) is 21.1 Å². The van der Waals surface area contributed by atoms with Gasteiger partial charge in [-0.15, -0.1) is 0 Å². The molecular weight excluding hydrogens is 454 g/mol. The first-order valence-corrected chi connectivity index (χ1v) is 12.2. The highest BCUT2D eigenvalue weighted by atomic mass is 35.5. The Morgan fingerprint density at radius 2 is 2.00 bits per heavy atom. The maximum Gasteiger partial charge on any atom is 0.261 e. The molecule has 0 radical (unpaired) electrons. The number of hydrogen-bond acceptors (Lipinski definition) is 6. The first kappa shape index (κ1) is 21.7. The molecule has 0 bridgehead atoms. The smallest absolute Gasteiger partial charge is 0.261 e. The number of nitrogens with zero attached hydrogens (tertiary/aromatic N) is 4. The van der Waals surface area contributed by atoms with Crippen LogP contribution in [0.5, 0.6) is 5.75 Å². The van der Waals surface area contributed by atoms with E-state index >= 15 is 0 Å². The number of ether oxygens (including phenoxy) is 2. The molecule has 2 saturated heterocycles. The molecule has 5 heterocycles. The van der Waals surface area contributed by atoms with Gasteiger partial charge in [0.2, 0.25) is 0 Å². The molecule has 3 aromatic rings. The van der Waals surface area contributed by atoms with E-state index in [2.05, 4.69) is 46.3 Å². The van der Waals surface area contributed by atoms with Crippen molar-refractivity contribution < 1.29 is 14.3 Å². The number of anilines is 2. The van der Waals surface area contributed by atoms with E-state index in [1.165, 1.54) is 16.9 Å². The van der Waals surface area contributed by atoms with Crippen LogP contribution >= 0.6 is 11.6 Å². The summed E-state index contributed by atoms with van der Waals surface area (Å²) >= 11 is 6.02. The van der Waals surface area contributed by atoms with Crippen LogP contribution in [-0.4, -0.2) is 52.4 Å². The predicted molar refractivity (Wildman–Crippen MR) is 130 cm³/mol. The van der Waals surface area contributed by atoms with E-state index in [0.29, 0.717) is 21.6 Å². The topological polar surface area (TPSA) is 81.0 Å². The van der Waals surface area contributed by atoms with Crippen molar-refractivity contribution >= 4 is 34.5 Å². The van der Waals surface area contributed by atoms with Gasteiger partial charge in [0.15, 0.2) is 5.65 Å². The molecule has 6 rings (SSSR count). The van der Waals surface area contributed by atoms with Crippen LogP contribution in [0.15, 0.2) is 30.7 Å². The lowest BCUT2D eigenvalue weighted by atomic mass is 9.78. The van der Waals surface area contributed by atoms with Crippen LogP contribution in [0.2, 0.25) is 5.02 Å². The molecule has 34 heavy (non-hydrogen) atoms. The van der Waals surface area contributed by atoms with Gasteiger partial charge in [0, 0.05) is 43.9 Å². The average Bonchev–Trinajstić information content (AvgIpc) is 3.49. The van der Waals surface area contributed by atoms with Gasteiger partial charge in [0.05, 0.1) is 35.4 Å². The zero-order valence-corrected chi connectivity index (χ0v) is 20.2. The van der Waals surface area contributed by atoms with Crippen LogP contribution in [0.4, 0.5) is 11.4 Å². The van der Waals surface area contributed by atoms with Gasteiger partial charge in [-0.25, -0.2) is 9.50 Å². The van der Waals surface area contributed by atoms with Gasteiger partial charge >= 0.3 is 0 Å². The van der Waals surface area contributed by atoms with Gasteiger partial charge in [-0.1, -0.05) is 11.6 Å². The number of aromatic nitrogens is 3. The number of benzene rings is 1. The molecule has 0 atom stereocenters. The molecule has 8 nitrogen and oxygen atoms in total. The largest absolute Gasteiger partial charge is 0.487 e. The Morgan fingerprint density at radius 3 is 2.76 bits per heavy atom. The molecule has 3 aliphatic rings. The molecule has 1 spiro atoms. The number of amides is 1. The summed E-state index contributed by atoms with van der Waals surface area (Å²) in [6.45, 7) is 7.74. The first-order valence-electron chi connectivity index (χ1n) is 11.8. The van der Waals surface area contributed by atoms with Gasteiger partial charge < -0.3 is 19.7 Å². The van der Waals surface area contributed by atoms with E-state index in [1.807, 2.05) is 0 Å². The second-order valence-electron chi connectivity index (χ2n) is 10.4. The van der Waals surface area contributed by atoms with Crippen LogP contribution in [0.1, 0.15) is 49.0 Å². The third-order valence-electron chi connectivity index (χ3n) is 7.35. The highest BCUT2D eigenvalue weighted by molar-refractivity contribution is 6.30. The molecule has 3 aliphatic heterocycles. The maximum atomic E-state index is 13.3. The summed E-state index contributed by atoms with van der Waals surface area (Å²) in [4.78, 5) is 20.0. The lowest BCUT2D eigenvalue weighted by Gasteiger charge is -2.40. The third kappa shape index (κ3) is 3.79. The van der Waals surface area contributed by atoms with Gasteiger partial charge in [-0.3, -0.25) is 4.79 Å². The third-order valence-corrected chi connectivity index (χ3v) is 7.54. The Morgan fingerprint density at radius 1 is 1.18 bits per heavy atom. The van der Waals surface area contributed by atoms with Crippen molar-refractivity contribution in [3.05, 3.63) is 46.9 Å². The molecule has 0 aliphatic carbocycles. The molecule has 178 valence electrons. The number of carbonyl (C=O) groups is 1. The molecule has 1 N–H and O–H groups in total. The number of rotatable bonds is 3. The first-order chi connectivity index (χ1) is 16.3. The summed E-state index contributed by atoms with van der Waals surface area (Å²) in [5.41, 5.74) is 3.80. The van der Waals surface area contributed by atoms with Gasteiger partial charge in [0.1, 0.15) is 16.9 Å². The highest BCUT2D eigenvalue weighted by Crippen LogP contribution is 2.45. The molecule has 2 fully saturated rings. The van der Waals surface area contributed by atoms with Crippen molar-refractivity contribution in [2.45, 2.75) is 45.1 Å². The van der Waals surface area contributed by atoms with Gasteiger partial charge in [-0.2, -0.15) is 5.10 Å². The van der Waals surface area contributed by atoms with Crippen LogP contribution in [-0.2, 0) is 11.2 Å². The fourth-order valence-corrected chi connectivity index (χ4v) is 5.61. The molecule has 1 amide bonds. The van der Waals surface area contributed by atoms with E-state index in [9.17, 15) is 4.79 Å². The maximum absolute atomic E-state index is 13.3. The Hall–Kier alpha value is -2.84. The normalized spacial score (nSPS) is 20.5. The second kappa shape index (κ2) is 7.85. The molecule has 1 aromatic carbocycles. The number of carbonyl (C=O) groups excluding carboxylic acids is 1. The molecule has 0 saturated carbocycles. The van der Waals surface area contributed by atoms with Crippen molar-refractivity contribution in [2.24, 2.45) is 5.41 Å². The summed E-state index contributed by atoms with van der Waals surface area (Å²) in [6.07, 6.45) is 8.78. The summed E-state index contributed by atoms with van der Waals surface area (Å²) in [5, 5.41) is 7.85. The minimum Gasteiger partial charge on any atom is -0.487 e. The summed E-state index contributed by atoms with van der Waals surface area (Å²) < 4.78 is 13.4. The Balaban J connectivity index is 1.32. The van der Waals surface area contributed by atoms with Crippen molar-refractivity contribution in [3.63, 3.8) is 0 Å². The minimum absolute atomic E-state index is 0.248. The van der Waals surface area contributed by atoms with Crippen molar-refractivity contribution in [1.82, 2.24) is 14.6 Å². The Bertz CT molecular complexity index is 1270. The highest BCUT2D eigenvalue weighted by Gasteiger charge is 2.39. The summed E-state index contributed by atoms with van der Waals surface area (Å²) in [7, 11) is 0. The van der Waals surface area contributed by atoms with E-state index in [-0.39, 0.29) is 11.5 Å². The number of hydrogen-bond donors (Lipinski definition) is 1. The standard InChI is InChI=1S/C25H28ClN5O3/c1-24(2)11-16-9-19(29-23(32)18-13-28-31-14-17(26)12-27-22(18)31)20(10-21(16)34-24)30-6-3-25(4-7-30)5-8-33-15-25/h9-10,12-14H,3-8,11,15H2,1-2H3,(H,29,32). The second-order valence-corrected chi connectivity index (χ2v) is 10.8. The minimum atomic E-state index is -0.263. The lowest BCUT2D eigenvalue weighted by molar-refractivity contribution is 0.102. The Kier molecular flexibility index (Phi) is 5.00. The monoisotopic (exact) mass is 481 g/mol. The van der Waals surface area contributed by atoms with Crippen molar-refractivity contribution in [1.29, 1.82) is 0 Å². The molecule has 9 heteroatoms. The molecular formula is C25H28ClN5O3. The van der Waals surface area contributed by atoms with E-state index in [0.717, 1.165) is 74.7 Å².